The predicted molar refractivity (Wildman–Crippen MR) is 46.3 cm³/mol. The molecule has 0 aliphatic heterocycles. The molecule has 0 atom stereocenters. The number of nitrogens with one attached hydrogen (secondary N) is 1. The van der Waals surface area contributed by atoms with Crippen LogP contribution in [0.1, 0.15) is 23.4 Å². The molecule has 74 valence electrons. The average molecular weight is 219 g/mol. The molecule has 0 saturated heterocycles. The van der Waals surface area contributed by atoms with Gasteiger partial charge in [0, 0.05) is 11.6 Å². The fourth-order valence-electron chi connectivity index (χ4n) is 0.992. The molecule has 0 spiro atoms. The van der Waals surface area contributed by atoms with E-state index in [1.54, 1.807) is 6.07 Å². The minimum absolute atomic E-state index is 0.194. The van der Waals surface area contributed by atoms with Crippen LogP contribution in [0.3, 0.4) is 0 Å². The summed E-state index contributed by atoms with van der Waals surface area (Å²) in [6.07, 6.45) is -2.84. The molecule has 1 N–H and O–H groups in total. The largest absolute Gasteiger partial charge is 0.345 e. The van der Waals surface area contributed by atoms with Crippen LogP contribution in [0, 0.1) is 11.3 Å². The van der Waals surface area contributed by atoms with Crippen LogP contribution >= 0.6 is 11.6 Å². The van der Waals surface area contributed by atoms with E-state index in [4.69, 9.17) is 16.9 Å². The van der Waals surface area contributed by atoms with Crippen LogP contribution in [0.2, 0.25) is 0 Å². The second kappa shape index (κ2) is 4.20. The summed E-state index contributed by atoms with van der Waals surface area (Å²) in [7, 11) is 0. The number of pyridine rings is 1. The summed E-state index contributed by atoms with van der Waals surface area (Å²) in [5, 5.41) is 8.43. The maximum absolute atomic E-state index is 12.4. The molecule has 0 saturated carbocycles. The van der Waals surface area contributed by atoms with Gasteiger partial charge in [0.15, 0.2) is 5.43 Å². The maximum atomic E-state index is 12.4. The Labute approximate surface area is 82.9 Å². The van der Waals surface area contributed by atoms with Gasteiger partial charge in [-0.25, -0.2) is 8.78 Å². The van der Waals surface area contributed by atoms with E-state index in [-0.39, 0.29) is 17.1 Å². The number of nitriles is 1. The number of hydrogen-bond acceptors (Lipinski definition) is 2. The third kappa shape index (κ3) is 1.91. The van der Waals surface area contributed by atoms with Gasteiger partial charge in [-0.3, -0.25) is 4.79 Å². The Hall–Kier alpha value is -1.41. The van der Waals surface area contributed by atoms with Crippen molar-refractivity contribution in [2.24, 2.45) is 0 Å². The van der Waals surface area contributed by atoms with Gasteiger partial charge < -0.3 is 4.98 Å². The van der Waals surface area contributed by atoms with Crippen LogP contribution in [0.15, 0.2) is 10.9 Å². The average Bonchev–Trinajstić information content (AvgIpc) is 2.16. The molecular weight excluding hydrogens is 214 g/mol. The normalized spacial score (nSPS) is 10.2. The number of H-pyrrole nitrogens is 1. The summed E-state index contributed by atoms with van der Waals surface area (Å²) >= 11 is 5.34. The zero-order chi connectivity index (χ0) is 10.7. The number of alkyl halides is 3. The van der Waals surface area contributed by atoms with Gasteiger partial charge in [-0.2, -0.15) is 5.26 Å². The van der Waals surface area contributed by atoms with Crippen molar-refractivity contribution in [3.05, 3.63) is 33.2 Å². The lowest BCUT2D eigenvalue weighted by atomic mass is 10.2. The molecule has 1 aromatic rings. The monoisotopic (exact) mass is 218 g/mol. The number of aromatic amines is 1. The minimum atomic E-state index is -2.84. The fraction of sp³-hybridized carbons (Fsp3) is 0.250. The number of halogens is 3. The maximum Gasteiger partial charge on any atom is 0.278 e. The van der Waals surface area contributed by atoms with E-state index in [9.17, 15) is 13.6 Å². The quantitative estimate of drug-likeness (QED) is 0.771. The highest BCUT2D eigenvalue weighted by molar-refractivity contribution is 6.17. The summed E-state index contributed by atoms with van der Waals surface area (Å²) in [4.78, 5) is 13.3. The topological polar surface area (TPSA) is 56.6 Å². The Morgan fingerprint density at radius 1 is 1.64 bits per heavy atom. The molecule has 1 rings (SSSR count). The predicted octanol–water partition coefficient (Wildman–Crippen LogP) is 1.92. The molecule has 1 heterocycles. The molecule has 0 aliphatic carbocycles. The van der Waals surface area contributed by atoms with Crippen molar-refractivity contribution in [3.8, 4) is 6.07 Å². The first-order chi connectivity index (χ1) is 6.60. The van der Waals surface area contributed by atoms with Crippen molar-refractivity contribution < 1.29 is 8.78 Å². The van der Waals surface area contributed by atoms with Gasteiger partial charge >= 0.3 is 0 Å². The van der Waals surface area contributed by atoms with Crippen LogP contribution < -0.4 is 5.43 Å². The van der Waals surface area contributed by atoms with E-state index in [0.29, 0.717) is 0 Å². The number of hydrogen-bond donors (Lipinski definition) is 1. The fourth-order valence-corrected chi connectivity index (χ4v) is 1.27. The van der Waals surface area contributed by atoms with E-state index in [1.807, 2.05) is 0 Å². The molecule has 1 aromatic heterocycles. The molecule has 0 aliphatic rings. The van der Waals surface area contributed by atoms with Gasteiger partial charge in [-0.1, -0.05) is 0 Å². The van der Waals surface area contributed by atoms with Gasteiger partial charge in [-0.15, -0.1) is 11.6 Å². The summed E-state index contributed by atoms with van der Waals surface area (Å²) in [5.41, 5.74) is -1.62. The van der Waals surface area contributed by atoms with Crippen molar-refractivity contribution in [2.75, 3.05) is 0 Å². The smallest absolute Gasteiger partial charge is 0.278 e. The van der Waals surface area contributed by atoms with Crippen LogP contribution in [0.5, 0.6) is 0 Å². The van der Waals surface area contributed by atoms with Crippen molar-refractivity contribution in [2.45, 2.75) is 12.3 Å². The zero-order valence-corrected chi connectivity index (χ0v) is 7.61. The van der Waals surface area contributed by atoms with Gasteiger partial charge in [0.2, 0.25) is 0 Å². The van der Waals surface area contributed by atoms with Gasteiger partial charge in [0.25, 0.3) is 6.43 Å². The molecule has 0 aromatic carbocycles. The molecule has 0 bridgehead atoms. The molecule has 6 heteroatoms. The number of nitrogens with zero attached hydrogens (tertiary/aromatic N) is 1. The lowest BCUT2D eigenvalue weighted by Crippen LogP contribution is -2.13. The Morgan fingerprint density at radius 2 is 2.29 bits per heavy atom. The molecular formula is C8H5ClF2N2O. The first kappa shape index (κ1) is 10.7. The molecule has 3 nitrogen and oxygen atoms in total. The van der Waals surface area contributed by atoms with Crippen LogP contribution in [0.4, 0.5) is 8.78 Å². The first-order valence-corrected chi connectivity index (χ1v) is 4.14. The van der Waals surface area contributed by atoms with E-state index in [1.165, 1.54) is 0 Å². The lowest BCUT2D eigenvalue weighted by molar-refractivity contribution is 0.145. The Morgan fingerprint density at radius 3 is 2.71 bits per heavy atom. The molecule has 0 radical (unpaired) electrons. The number of aromatic nitrogens is 1. The molecule has 0 amide bonds. The van der Waals surface area contributed by atoms with Crippen LogP contribution in [-0.4, -0.2) is 4.98 Å². The Kier molecular flexibility index (Phi) is 3.20. The Balaban J connectivity index is 3.45. The van der Waals surface area contributed by atoms with Crippen molar-refractivity contribution in [1.82, 2.24) is 4.98 Å². The van der Waals surface area contributed by atoms with Gasteiger partial charge in [0.05, 0.1) is 11.6 Å². The van der Waals surface area contributed by atoms with E-state index < -0.39 is 17.5 Å². The highest BCUT2D eigenvalue weighted by atomic mass is 35.5. The third-order valence-electron chi connectivity index (χ3n) is 1.64. The van der Waals surface area contributed by atoms with Crippen LogP contribution in [0.25, 0.3) is 0 Å². The van der Waals surface area contributed by atoms with Gasteiger partial charge in [0.1, 0.15) is 11.8 Å². The third-order valence-corrected chi connectivity index (χ3v) is 1.91. The lowest BCUT2D eigenvalue weighted by Gasteiger charge is -2.05. The first-order valence-electron chi connectivity index (χ1n) is 3.60. The minimum Gasteiger partial charge on any atom is -0.345 e. The number of rotatable bonds is 2. The molecule has 14 heavy (non-hydrogen) atoms. The summed E-state index contributed by atoms with van der Waals surface area (Å²) < 4.78 is 24.7. The second-order valence-electron chi connectivity index (χ2n) is 2.49. The van der Waals surface area contributed by atoms with E-state index in [0.717, 1.165) is 6.07 Å². The van der Waals surface area contributed by atoms with Crippen molar-refractivity contribution in [1.29, 1.82) is 5.26 Å². The van der Waals surface area contributed by atoms with E-state index >= 15 is 0 Å². The van der Waals surface area contributed by atoms with Crippen LogP contribution in [-0.2, 0) is 5.88 Å². The SMILES string of the molecule is N#Cc1cc(=O)c(CCl)c(C(F)F)[nH]1. The Bertz CT molecular complexity index is 436. The zero-order valence-electron chi connectivity index (χ0n) is 6.85. The molecule has 0 fully saturated rings. The van der Waals surface area contributed by atoms with Gasteiger partial charge in [-0.05, 0) is 0 Å². The highest BCUT2D eigenvalue weighted by Gasteiger charge is 2.16. The highest BCUT2D eigenvalue weighted by Crippen LogP contribution is 2.19. The second-order valence-corrected chi connectivity index (χ2v) is 2.75. The van der Waals surface area contributed by atoms with E-state index in [2.05, 4.69) is 4.98 Å². The standard InChI is InChI=1S/C8H5ClF2N2O/c9-2-5-6(14)1-4(3-12)13-7(5)8(10)11/h1,8H,2H2,(H,13,14). The van der Waals surface area contributed by atoms with Crippen molar-refractivity contribution >= 4 is 11.6 Å². The molecule has 0 unspecified atom stereocenters. The summed E-state index contributed by atoms with van der Waals surface area (Å²) in [5.74, 6) is -0.305. The van der Waals surface area contributed by atoms with Crippen molar-refractivity contribution in [3.63, 3.8) is 0 Å². The summed E-state index contributed by atoms with van der Waals surface area (Å²) in [6, 6.07) is 2.53. The summed E-state index contributed by atoms with van der Waals surface area (Å²) in [6.45, 7) is 0.